The van der Waals surface area contributed by atoms with Crippen LogP contribution >= 0.6 is 0 Å². The summed E-state index contributed by atoms with van der Waals surface area (Å²) in [4.78, 5) is 16.8. The number of rotatable bonds is 5. The van der Waals surface area contributed by atoms with Crippen molar-refractivity contribution in [2.45, 2.75) is 38.8 Å². The number of amides is 1. The topological polar surface area (TPSA) is 65.4 Å². The van der Waals surface area contributed by atoms with E-state index in [0.717, 1.165) is 36.5 Å². The number of aromatic nitrogens is 2. The van der Waals surface area contributed by atoms with Crippen LogP contribution in [-0.4, -0.2) is 35.7 Å². The zero-order valence-corrected chi connectivity index (χ0v) is 14.3. The number of methoxy groups -OCH3 is 2. The molecule has 128 valence electrons. The van der Waals surface area contributed by atoms with Gasteiger partial charge >= 0.3 is 0 Å². The molecule has 0 saturated heterocycles. The molecule has 2 heterocycles. The quantitative estimate of drug-likeness (QED) is 0.910. The fraction of sp³-hybridized carbons (Fsp3) is 0.444. The second-order valence-corrected chi connectivity index (χ2v) is 6.12. The summed E-state index contributed by atoms with van der Waals surface area (Å²) in [5.74, 6) is 2.43. The van der Waals surface area contributed by atoms with Gasteiger partial charge in [0.25, 0.3) is 0 Å². The number of ether oxygens (including phenoxy) is 2. The Morgan fingerprint density at radius 1 is 1.33 bits per heavy atom. The molecule has 0 bridgehead atoms. The molecule has 1 aromatic heterocycles. The number of benzene rings is 1. The van der Waals surface area contributed by atoms with Crippen LogP contribution in [0.15, 0.2) is 24.4 Å². The van der Waals surface area contributed by atoms with Crippen LogP contribution in [0.1, 0.15) is 23.5 Å². The SMILES string of the molecule is COc1ccc(CC(=O)NC2CCc3nc(C)cn3C2)cc1OC. The predicted octanol–water partition coefficient (Wildman–Crippen LogP) is 1.88. The van der Waals surface area contributed by atoms with E-state index >= 15 is 0 Å². The molecule has 0 fully saturated rings. The lowest BCUT2D eigenvalue weighted by molar-refractivity contribution is -0.121. The molecule has 0 aliphatic carbocycles. The molecule has 6 nitrogen and oxygen atoms in total. The first-order chi connectivity index (χ1) is 11.6. The Morgan fingerprint density at radius 2 is 2.12 bits per heavy atom. The van der Waals surface area contributed by atoms with E-state index in [2.05, 4.69) is 14.9 Å². The van der Waals surface area contributed by atoms with Crippen LogP contribution in [0.5, 0.6) is 11.5 Å². The second-order valence-electron chi connectivity index (χ2n) is 6.12. The highest BCUT2D eigenvalue weighted by molar-refractivity contribution is 5.79. The first kappa shape index (κ1) is 16.4. The third-order valence-corrected chi connectivity index (χ3v) is 4.29. The minimum absolute atomic E-state index is 0.0208. The molecule has 0 spiro atoms. The van der Waals surface area contributed by atoms with E-state index in [1.165, 1.54) is 0 Å². The van der Waals surface area contributed by atoms with Gasteiger partial charge in [-0.1, -0.05) is 6.07 Å². The van der Waals surface area contributed by atoms with Crippen molar-refractivity contribution in [3.63, 3.8) is 0 Å². The van der Waals surface area contributed by atoms with Gasteiger partial charge in [-0.25, -0.2) is 4.98 Å². The van der Waals surface area contributed by atoms with E-state index in [0.29, 0.717) is 17.9 Å². The summed E-state index contributed by atoms with van der Waals surface area (Å²) in [6, 6.07) is 5.71. The average Bonchev–Trinajstić information content (AvgIpc) is 2.93. The molecule has 24 heavy (non-hydrogen) atoms. The molecule has 6 heteroatoms. The van der Waals surface area contributed by atoms with Crippen LogP contribution in [0.25, 0.3) is 0 Å². The molecule has 1 unspecified atom stereocenters. The van der Waals surface area contributed by atoms with Crippen molar-refractivity contribution < 1.29 is 14.3 Å². The summed E-state index contributed by atoms with van der Waals surface area (Å²) in [5.41, 5.74) is 1.93. The number of carbonyl (C=O) groups is 1. The van der Waals surface area contributed by atoms with Gasteiger partial charge in [-0.05, 0) is 31.0 Å². The number of fused-ring (bicyclic) bond motifs is 1. The van der Waals surface area contributed by atoms with Gasteiger partial charge < -0.3 is 19.4 Å². The van der Waals surface area contributed by atoms with Crippen molar-refractivity contribution in [3.05, 3.63) is 41.5 Å². The van der Waals surface area contributed by atoms with Crippen molar-refractivity contribution in [2.24, 2.45) is 0 Å². The van der Waals surface area contributed by atoms with E-state index < -0.39 is 0 Å². The third kappa shape index (κ3) is 3.53. The van der Waals surface area contributed by atoms with Crippen LogP contribution in [0.4, 0.5) is 0 Å². The Labute approximate surface area is 141 Å². The average molecular weight is 329 g/mol. The molecule has 1 aliphatic rings. The van der Waals surface area contributed by atoms with E-state index in [9.17, 15) is 4.79 Å². The maximum absolute atomic E-state index is 12.3. The van der Waals surface area contributed by atoms with E-state index in [1.807, 2.05) is 31.3 Å². The number of aryl methyl sites for hydroxylation is 2. The van der Waals surface area contributed by atoms with Gasteiger partial charge in [0.15, 0.2) is 11.5 Å². The van der Waals surface area contributed by atoms with Gasteiger partial charge in [-0.3, -0.25) is 4.79 Å². The Hall–Kier alpha value is -2.50. The van der Waals surface area contributed by atoms with E-state index in [4.69, 9.17) is 9.47 Å². The predicted molar refractivity (Wildman–Crippen MR) is 90.5 cm³/mol. The van der Waals surface area contributed by atoms with Crippen molar-refractivity contribution in [2.75, 3.05) is 14.2 Å². The van der Waals surface area contributed by atoms with Crippen LogP contribution in [0.3, 0.4) is 0 Å². The number of hydrogen-bond donors (Lipinski definition) is 1. The molecule has 0 saturated carbocycles. The number of nitrogens with zero attached hydrogens (tertiary/aromatic N) is 2. The molecule has 1 atom stereocenters. The van der Waals surface area contributed by atoms with Crippen LogP contribution in [-0.2, 0) is 24.2 Å². The molecular weight excluding hydrogens is 306 g/mol. The second kappa shape index (κ2) is 6.95. The fourth-order valence-electron chi connectivity index (χ4n) is 3.16. The number of nitrogens with one attached hydrogen (secondary N) is 1. The highest BCUT2D eigenvalue weighted by atomic mass is 16.5. The molecule has 1 aromatic carbocycles. The van der Waals surface area contributed by atoms with Crippen LogP contribution < -0.4 is 14.8 Å². The molecule has 1 amide bonds. The van der Waals surface area contributed by atoms with Gasteiger partial charge in [0.2, 0.25) is 5.91 Å². The maximum Gasteiger partial charge on any atom is 0.224 e. The smallest absolute Gasteiger partial charge is 0.224 e. The Bertz CT molecular complexity index is 739. The lowest BCUT2D eigenvalue weighted by Crippen LogP contribution is -2.41. The van der Waals surface area contributed by atoms with Gasteiger partial charge in [-0.15, -0.1) is 0 Å². The minimum atomic E-state index is 0.0208. The van der Waals surface area contributed by atoms with Gasteiger partial charge in [0, 0.05) is 25.2 Å². The maximum atomic E-state index is 12.3. The van der Waals surface area contributed by atoms with Gasteiger partial charge in [0.1, 0.15) is 5.82 Å². The lowest BCUT2D eigenvalue weighted by atomic mass is 10.1. The van der Waals surface area contributed by atoms with Crippen molar-refractivity contribution in [1.82, 2.24) is 14.9 Å². The number of carbonyl (C=O) groups excluding carboxylic acids is 1. The molecule has 1 N–H and O–H groups in total. The summed E-state index contributed by atoms with van der Waals surface area (Å²) < 4.78 is 12.6. The summed E-state index contributed by atoms with van der Waals surface area (Å²) in [6.45, 7) is 2.78. The van der Waals surface area contributed by atoms with Gasteiger partial charge in [-0.2, -0.15) is 0 Å². The molecule has 3 rings (SSSR count). The number of imidazole rings is 1. The van der Waals surface area contributed by atoms with Crippen LogP contribution in [0.2, 0.25) is 0 Å². The van der Waals surface area contributed by atoms with E-state index in [-0.39, 0.29) is 11.9 Å². The molecule has 2 aromatic rings. The number of hydrogen-bond acceptors (Lipinski definition) is 4. The Kier molecular flexibility index (Phi) is 4.74. The first-order valence-electron chi connectivity index (χ1n) is 8.12. The molecule has 0 radical (unpaired) electrons. The summed E-state index contributed by atoms with van der Waals surface area (Å²) >= 11 is 0. The molecule has 1 aliphatic heterocycles. The lowest BCUT2D eigenvalue weighted by Gasteiger charge is -2.24. The van der Waals surface area contributed by atoms with Crippen molar-refractivity contribution >= 4 is 5.91 Å². The van der Waals surface area contributed by atoms with Gasteiger partial charge in [0.05, 0.1) is 26.3 Å². The first-order valence-corrected chi connectivity index (χ1v) is 8.12. The largest absolute Gasteiger partial charge is 0.493 e. The highest BCUT2D eigenvalue weighted by Gasteiger charge is 2.21. The Morgan fingerprint density at radius 3 is 2.88 bits per heavy atom. The zero-order chi connectivity index (χ0) is 17.1. The highest BCUT2D eigenvalue weighted by Crippen LogP contribution is 2.27. The zero-order valence-electron chi connectivity index (χ0n) is 14.3. The third-order valence-electron chi connectivity index (χ3n) is 4.29. The summed E-state index contributed by atoms with van der Waals surface area (Å²) in [5, 5.41) is 3.12. The van der Waals surface area contributed by atoms with Crippen LogP contribution in [0, 0.1) is 6.92 Å². The standard InChI is InChI=1S/C18H23N3O3/c1-12-10-21-11-14(5-7-17(21)19-12)20-18(22)9-13-4-6-15(23-2)16(8-13)24-3/h4,6,8,10,14H,5,7,9,11H2,1-3H3,(H,20,22). The monoisotopic (exact) mass is 329 g/mol. The van der Waals surface area contributed by atoms with Crippen molar-refractivity contribution in [3.8, 4) is 11.5 Å². The Balaban J connectivity index is 1.60. The summed E-state index contributed by atoms with van der Waals surface area (Å²) in [7, 11) is 3.19. The normalized spacial score (nSPS) is 16.4. The fourth-order valence-corrected chi connectivity index (χ4v) is 3.16. The minimum Gasteiger partial charge on any atom is -0.493 e. The van der Waals surface area contributed by atoms with Crippen molar-refractivity contribution in [1.29, 1.82) is 0 Å². The van der Waals surface area contributed by atoms with E-state index in [1.54, 1.807) is 14.2 Å². The molecular formula is C18H23N3O3. The summed E-state index contributed by atoms with van der Waals surface area (Å²) in [6.07, 6.45) is 4.19.